The van der Waals surface area contributed by atoms with E-state index in [-0.39, 0.29) is 17.4 Å². The monoisotopic (exact) mass is 534 g/mol. The second kappa shape index (κ2) is 12.2. The second-order valence-electron chi connectivity index (χ2n) is 10.5. The smallest absolute Gasteiger partial charge is 0.295 e. The summed E-state index contributed by atoms with van der Waals surface area (Å²) in [5.74, 6) is 0.0681. The first-order valence-electron chi connectivity index (χ1n) is 14.1. The van der Waals surface area contributed by atoms with Crippen LogP contribution >= 0.6 is 0 Å². The summed E-state index contributed by atoms with van der Waals surface area (Å²) in [6, 6.07) is 12.3. The number of carbonyl (C=O) groups excluding carboxylic acids is 2. The van der Waals surface area contributed by atoms with Gasteiger partial charge in [0.05, 0.1) is 31.4 Å². The van der Waals surface area contributed by atoms with Crippen LogP contribution in [0.1, 0.15) is 55.8 Å². The van der Waals surface area contributed by atoms with Gasteiger partial charge in [-0.1, -0.05) is 25.5 Å². The number of benzene rings is 2. The van der Waals surface area contributed by atoms with Gasteiger partial charge >= 0.3 is 0 Å². The molecule has 1 N–H and O–H groups in total. The van der Waals surface area contributed by atoms with Crippen LogP contribution in [-0.4, -0.2) is 78.7 Å². The number of aliphatic hydroxyl groups excluding tert-OH is 1. The maximum atomic E-state index is 13.5. The Labute approximate surface area is 230 Å². The average molecular weight is 535 g/mol. The number of nitrogens with zero attached hydrogens (tertiary/aromatic N) is 2. The molecule has 2 saturated heterocycles. The minimum absolute atomic E-state index is 0.0601. The molecule has 2 fully saturated rings. The third-order valence-corrected chi connectivity index (χ3v) is 7.63. The highest BCUT2D eigenvalue weighted by Gasteiger charge is 2.46. The van der Waals surface area contributed by atoms with E-state index in [2.05, 4.69) is 11.8 Å². The Morgan fingerprint density at radius 2 is 1.90 bits per heavy atom. The standard InChI is InChI=1S/C31H38N2O6/c1-3-4-15-38-25-8-5-7-22(20-25)28-27(29(34)23-9-10-26-24(19-23)18-21(2)39-26)30(35)31(36)33(28)12-6-11-32-13-16-37-17-14-32/h5,7-10,19-21,28,34H,3-4,6,11-18H2,1-2H3/b29-27-. The molecule has 3 aliphatic rings. The number of aliphatic hydroxyl groups is 1. The lowest BCUT2D eigenvalue weighted by Crippen LogP contribution is -2.38. The Bertz CT molecular complexity index is 1240. The largest absolute Gasteiger partial charge is 0.507 e. The number of Topliss-reactive ketones (excluding diaryl/α,β-unsaturated/α-hetero) is 1. The highest BCUT2D eigenvalue weighted by molar-refractivity contribution is 6.46. The molecule has 2 aromatic carbocycles. The van der Waals surface area contributed by atoms with Gasteiger partial charge in [-0.05, 0) is 61.2 Å². The van der Waals surface area contributed by atoms with Crippen molar-refractivity contribution in [3.63, 3.8) is 0 Å². The Kier molecular flexibility index (Phi) is 8.53. The lowest BCUT2D eigenvalue weighted by atomic mass is 9.94. The van der Waals surface area contributed by atoms with Crippen LogP contribution in [0.3, 0.4) is 0 Å². The predicted octanol–water partition coefficient (Wildman–Crippen LogP) is 4.33. The van der Waals surface area contributed by atoms with Gasteiger partial charge in [0.15, 0.2) is 0 Å². The number of hydrogen-bond donors (Lipinski definition) is 1. The average Bonchev–Trinajstić information content (AvgIpc) is 3.44. The van der Waals surface area contributed by atoms with E-state index in [0.29, 0.717) is 44.1 Å². The lowest BCUT2D eigenvalue weighted by molar-refractivity contribution is -0.140. The zero-order valence-electron chi connectivity index (χ0n) is 22.9. The van der Waals surface area contributed by atoms with E-state index in [1.807, 2.05) is 43.3 Å². The van der Waals surface area contributed by atoms with E-state index in [1.54, 1.807) is 11.0 Å². The van der Waals surface area contributed by atoms with Gasteiger partial charge in [0.25, 0.3) is 11.7 Å². The van der Waals surface area contributed by atoms with Crippen molar-refractivity contribution in [3.05, 3.63) is 64.7 Å². The minimum atomic E-state index is -0.701. The number of hydrogen-bond acceptors (Lipinski definition) is 7. The van der Waals surface area contributed by atoms with Gasteiger partial charge in [-0.25, -0.2) is 0 Å². The molecule has 1 amide bonds. The summed E-state index contributed by atoms with van der Waals surface area (Å²) in [4.78, 5) is 30.8. The summed E-state index contributed by atoms with van der Waals surface area (Å²) >= 11 is 0. The number of rotatable bonds is 10. The van der Waals surface area contributed by atoms with E-state index in [9.17, 15) is 14.7 Å². The Hall–Kier alpha value is -3.36. The molecule has 0 saturated carbocycles. The summed E-state index contributed by atoms with van der Waals surface area (Å²) < 4.78 is 17.2. The van der Waals surface area contributed by atoms with Gasteiger partial charge in [-0.2, -0.15) is 0 Å². The van der Waals surface area contributed by atoms with Crippen LogP contribution in [-0.2, 0) is 20.7 Å². The van der Waals surface area contributed by atoms with E-state index < -0.39 is 17.7 Å². The van der Waals surface area contributed by atoms with Gasteiger partial charge in [-0.15, -0.1) is 0 Å². The molecule has 8 heteroatoms. The summed E-state index contributed by atoms with van der Waals surface area (Å²) in [5, 5.41) is 11.5. The first-order chi connectivity index (χ1) is 19.0. The molecule has 0 radical (unpaired) electrons. The molecular formula is C31H38N2O6. The molecule has 2 atom stereocenters. The first-order valence-corrected chi connectivity index (χ1v) is 14.1. The zero-order chi connectivity index (χ0) is 27.4. The number of carbonyl (C=O) groups is 2. The molecule has 0 aliphatic carbocycles. The molecule has 39 heavy (non-hydrogen) atoms. The second-order valence-corrected chi connectivity index (χ2v) is 10.5. The molecule has 0 spiro atoms. The van der Waals surface area contributed by atoms with Crippen LogP contribution < -0.4 is 9.47 Å². The molecule has 3 aliphatic heterocycles. The van der Waals surface area contributed by atoms with Gasteiger partial charge in [0, 0.05) is 38.2 Å². The van der Waals surface area contributed by atoms with Crippen molar-refractivity contribution >= 4 is 17.4 Å². The number of amides is 1. The summed E-state index contributed by atoms with van der Waals surface area (Å²) in [7, 11) is 0. The number of unbranched alkanes of at least 4 members (excludes halogenated alkanes) is 1. The molecule has 0 aromatic heterocycles. The number of morpholine rings is 1. The number of fused-ring (bicyclic) bond motifs is 1. The first kappa shape index (κ1) is 27.2. The third-order valence-electron chi connectivity index (χ3n) is 7.63. The molecule has 2 unspecified atom stereocenters. The molecule has 0 bridgehead atoms. The van der Waals surface area contributed by atoms with Crippen molar-refractivity contribution in [3.8, 4) is 11.5 Å². The minimum Gasteiger partial charge on any atom is -0.507 e. The van der Waals surface area contributed by atoms with E-state index in [4.69, 9.17) is 14.2 Å². The van der Waals surface area contributed by atoms with Crippen LogP contribution in [0.5, 0.6) is 11.5 Å². The predicted molar refractivity (Wildman–Crippen MR) is 148 cm³/mol. The molecule has 8 nitrogen and oxygen atoms in total. The van der Waals surface area contributed by atoms with Crippen LogP contribution in [0.4, 0.5) is 0 Å². The lowest BCUT2D eigenvalue weighted by Gasteiger charge is -2.29. The fraction of sp³-hybridized carbons (Fsp3) is 0.484. The van der Waals surface area contributed by atoms with Crippen molar-refractivity contribution in [1.29, 1.82) is 0 Å². The van der Waals surface area contributed by atoms with Crippen LogP contribution in [0.25, 0.3) is 5.76 Å². The van der Waals surface area contributed by atoms with E-state index in [1.165, 1.54) is 0 Å². The Balaban J connectivity index is 1.48. The maximum Gasteiger partial charge on any atom is 0.295 e. The zero-order valence-corrected chi connectivity index (χ0v) is 22.9. The van der Waals surface area contributed by atoms with Gasteiger partial charge in [0.2, 0.25) is 0 Å². The Morgan fingerprint density at radius 1 is 1.08 bits per heavy atom. The van der Waals surface area contributed by atoms with Crippen LogP contribution in [0.2, 0.25) is 0 Å². The number of ketones is 1. The highest BCUT2D eigenvalue weighted by Crippen LogP contribution is 2.41. The van der Waals surface area contributed by atoms with E-state index >= 15 is 0 Å². The summed E-state index contributed by atoms with van der Waals surface area (Å²) in [5.41, 5.74) is 2.35. The topological polar surface area (TPSA) is 88.5 Å². The number of ether oxygens (including phenoxy) is 3. The van der Waals surface area contributed by atoms with Crippen molar-refractivity contribution in [2.45, 2.75) is 51.7 Å². The molecule has 5 rings (SSSR count). The SMILES string of the molecule is CCCCOc1cccc(C2/C(=C(/O)c3ccc4c(c3)CC(C)O4)C(=O)C(=O)N2CCCN2CCOCC2)c1. The summed E-state index contributed by atoms with van der Waals surface area (Å²) in [6.45, 7) is 9.05. The van der Waals surface area contributed by atoms with E-state index in [0.717, 1.165) is 55.8 Å². The van der Waals surface area contributed by atoms with Crippen molar-refractivity contribution < 1.29 is 28.9 Å². The molecular weight excluding hydrogens is 496 g/mol. The van der Waals surface area contributed by atoms with Gasteiger partial charge < -0.3 is 24.2 Å². The Morgan fingerprint density at radius 3 is 2.69 bits per heavy atom. The van der Waals surface area contributed by atoms with Gasteiger partial charge in [-0.3, -0.25) is 14.5 Å². The fourth-order valence-corrected chi connectivity index (χ4v) is 5.58. The molecule has 2 aromatic rings. The fourth-order valence-electron chi connectivity index (χ4n) is 5.58. The van der Waals surface area contributed by atoms with Crippen molar-refractivity contribution in [2.75, 3.05) is 46.0 Å². The van der Waals surface area contributed by atoms with Crippen molar-refractivity contribution in [2.24, 2.45) is 0 Å². The molecule has 208 valence electrons. The normalized spacial score (nSPS) is 22.7. The summed E-state index contributed by atoms with van der Waals surface area (Å²) in [6.07, 6.45) is 3.46. The van der Waals surface area contributed by atoms with Crippen LogP contribution in [0, 0.1) is 0 Å². The highest BCUT2D eigenvalue weighted by atomic mass is 16.5. The van der Waals surface area contributed by atoms with Crippen molar-refractivity contribution in [1.82, 2.24) is 9.80 Å². The quantitative estimate of drug-likeness (QED) is 0.210. The van der Waals surface area contributed by atoms with Gasteiger partial charge in [0.1, 0.15) is 23.4 Å². The third kappa shape index (κ3) is 5.97. The van der Waals surface area contributed by atoms with Crippen LogP contribution in [0.15, 0.2) is 48.0 Å². The molecule has 3 heterocycles. The maximum absolute atomic E-state index is 13.5. The number of likely N-dealkylation sites (tertiary alicyclic amines) is 1.